The molecule has 2 rings (SSSR count). The second-order valence-electron chi connectivity index (χ2n) is 4.26. The maximum atomic E-state index is 12.0. The highest BCUT2D eigenvalue weighted by molar-refractivity contribution is 6.29. The van der Waals surface area contributed by atoms with Gasteiger partial charge in [0.2, 0.25) is 5.91 Å². The van der Waals surface area contributed by atoms with Gasteiger partial charge in [0.1, 0.15) is 5.15 Å². The van der Waals surface area contributed by atoms with Crippen LogP contribution in [0.3, 0.4) is 0 Å². The first-order valence-corrected chi connectivity index (χ1v) is 6.22. The Balaban J connectivity index is 2.02. The molecule has 92 valence electrons. The lowest BCUT2D eigenvalue weighted by atomic mass is 10.0. The molecule has 1 amide bonds. The Morgan fingerprint density at radius 3 is 3.00 bits per heavy atom. The molecular weight excluding hydrogens is 238 g/mol. The van der Waals surface area contributed by atoms with E-state index < -0.39 is 0 Å². The van der Waals surface area contributed by atoms with Crippen molar-refractivity contribution in [3.05, 3.63) is 23.0 Å². The van der Waals surface area contributed by atoms with Gasteiger partial charge in [0, 0.05) is 0 Å². The molecular formula is C12H16ClN3O. The van der Waals surface area contributed by atoms with Crippen LogP contribution in [0.25, 0.3) is 0 Å². The number of hydrogen-bond donors (Lipinski definition) is 2. The van der Waals surface area contributed by atoms with Gasteiger partial charge in [-0.15, -0.1) is 0 Å². The second-order valence-corrected chi connectivity index (χ2v) is 4.65. The fourth-order valence-corrected chi connectivity index (χ4v) is 2.15. The van der Waals surface area contributed by atoms with Crippen molar-refractivity contribution in [1.29, 1.82) is 0 Å². The van der Waals surface area contributed by atoms with Crippen molar-refractivity contribution in [2.45, 2.75) is 32.2 Å². The summed E-state index contributed by atoms with van der Waals surface area (Å²) in [6, 6.07) is 3.38. The van der Waals surface area contributed by atoms with Gasteiger partial charge >= 0.3 is 0 Å². The summed E-state index contributed by atoms with van der Waals surface area (Å²) in [5.41, 5.74) is 1.47. The van der Waals surface area contributed by atoms with Gasteiger partial charge < -0.3 is 10.6 Å². The summed E-state index contributed by atoms with van der Waals surface area (Å²) in [5.74, 6) is 0.0110. The van der Waals surface area contributed by atoms with Crippen LogP contribution in [-0.2, 0) is 4.79 Å². The van der Waals surface area contributed by atoms with Crippen molar-refractivity contribution < 1.29 is 4.79 Å². The summed E-state index contributed by atoms with van der Waals surface area (Å²) >= 11 is 5.77. The zero-order valence-corrected chi connectivity index (χ0v) is 10.5. The molecule has 2 heterocycles. The van der Waals surface area contributed by atoms with Gasteiger partial charge in [-0.2, -0.15) is 0 Å². The molecule has 4 nitrogen and oxygen atoms in total. The molecule has 2 N–H and O–H groups in total. The topological polar surface area (TPSA) is 54.0 Å². The van der Waals surface area contributed by atoms with Crippen molar-refractivity contribution in [3.63, 3.8) is 0 Å². The minimum atomic E-state index is -0.0844. The van der Waals surface area contributed by atoms with E-state index in [9.17, 15) is 4.79 Å². The Morgan fingerprint density at radius 2 is 2.35 bits per heavy atom. The minimum absolute atomic E-state index is 0.0110. The number of nitrogens with zero attached hydrogens (tertiary/aromatic N) is 1. The maximum absolute atomic E-state index is 12.0. The zero-order chi connectivity index (χ0) is 12.3. The van der Waals surface area contributed by atoms with Crippen molar-refractivity contribution in [1.82, 2.24) is 10.3 Å². The third kappa shape index (κ3) is 3.17. The van der Waals surface area contributed by atoms with Crippen LogP contribution in [0.2, 0.25) is 5.15 Å². The Bertz CT molecular complexity index is 416. The van der Waals surface area contributed by atoms with E-state index in [2.05, 4.69) is 15.6 Å². The Labute approximate surface area is 106 Å². The molecule has 17 heavy (non-hydrogen) atoms. The van der Waals surface area contributed by atoms with E-state index in [0.717, 1.165) is 37.2 Å². The number of hydrogen-bond acceptors (Lipinski definition) is 3. The third-order valence-corrected chi connectivity index (χ3v) is 3.15. The molecule has 0 saturated carbocycles. The van der Waals surface area contributed by atoms with Crippen LogP contribution in [-0.4, -0.2) is 23.5 Å². The van der Waals surface area contributed by atoms with Crippen LogP contribution in [0, 0.1) is 6.92 Å². The SMILES string of the molecule is Cc1nc(Cl)ccc1NC(=O)[C@@H]1CCCCN1. The van der Waals surface area contributed by atoms with E-state index in [4.69, 9.17) is 11.6 Å². The van der Waals surface area contributed by atoms with Gasteiger partial charge in [-0.25, -0.2) is 4.98 Å². The minimum Gasteiger partial charge on any atom is -0.323 e. The largest absolute Gasteiger partial charge is 0.323 e. The fraction of sp³-hybridized carbons (Fsp3) is 0.500. The maximum Gasteiger partial charge on any atom is 0.241 e. The fourth-order valence-electron chi connectivity index (χ4n) is 1.96. The van der Waals surface area contributed by atoms with Gasteiger partial charge in [-0.3, -0.25) is 4.79 Å². The number of piperidine rings is 1. The summed E-state index contributed by atoms with van der Waals surface area (Å²) in [6.07, 6.45) is 3.14. The molecule has 0 radical (unpaired) electrons. The van der Waals surface area contributed by atoms with Crippen molar-refractivity contribution >= 4 is 23.2 Å². The number of carbonyl (C=O) groups excluding carboxylic acids is 1. The highest BCUT2D eigenvalue weighted by atomic mass is 35.5. The van der Waals surface area contributed by atoms with Gasteiger partial charge in [0.25, 0.3) is 0 Å². The summed E-state index contributed by atoms with van der Waals surface area (Å²) in [4.78, 5) is 16.1. The number of nitrogens with one attached hydrogen (secondary N) is 2. The van der Waals surface area contributed by atoms with Crippen LogP contribution in [0.1, 0.15) is 25.0 Å². The van der Waals surface area contributed by atoms with Gasteiger partial charge in [-0.05, 0) is 38.4 Å². The Kier molecular flexibility index (Phi) is 3.97. The number of aromatic nitrogens is 1. The van der Waals surface area contributed by atoms with Gasteiger partial charge in [-0.1, -0.05) is 18.0 Å². The number of pyridine rings is 1. The normalized spacial score (nSPS) is 20.0. The lowest BCUT2D eigenvalue weighted by molar-refractivity contribution is -0.118. The Morgan fingerprint density at radius 1 is 1.53 bits per heavy atom. The molecule has 1 aromatic rings. The monoisotopic (exact) mass is 253 g/mol. The van der Waals surface area contributed by atoms with E-state index in [-0.39, 0.29) is 11.9 Å². The number of carbonyl (C=O) groups is 1. The van der Waals surface area contributed by atoms with Crippen LogP contribution < -0.4 is 10.6 Å². The molecule has 0 spiro atoms. The summed E-state index contributed by atoms with van der Waals surface area (Å²) < 4.78 is 0. The van der Waals surface area contributed by atoms with E-state index in [1.165, 1.54) is 0 Å². The van der Waals surface area contributed by atoms with Crippen molar-refractivity contribution in [3.8, 4) is 0 Å². The third-order valence-electron chi connectivity index (χ3n) is 2.94. The number of aryl methyl sites for hydroxylation is 1. The number of anilines is 1. The average Bonchev–Trinajstić information content (AvgIpc) is 2.34. The molecule has 1 atom stereocenters. The zero-order valence-electron chi connectivity index (χ0n) is 9.79. The number of amides is 1. The van der Waals surface area contributed by atoms with E-state index >= 15 is 0 Å². The molecule has 1 fully saturated rings. The first kappa shape index (κ1) is 12.3. The van der Waals surface area contributed by atoms with Crippen LogP contribution in [0.4, 0.5) is 5.69 Å². The molecule has 0 bridgehead atoms. The lowest BCUT2D eigenvalue weighted by Crippen LogP contribution is -2.43. The molecule has 1 aliphatic rings. The predicted molar refractivity (Wildman–Crippen MR) is 68.3 cm³/mol. The first-order valence-electron chi connectivity index (χ1n) is 5.84. The van der Waals surface area contributed by atoms with Crippen molar-refractivity contribution in [2.24, 2.45) is 0 Å². The van der Waals surface area contributed by atoms with Crippen LogP contribution in [0.5, 0.6) is 0 Å². The summed E-state index contributed by atoms with van der Waals surface area (Å²) in [7, 11) is 0. The first-order chi connectivity index (χ1) is 8.16. The van der Waals surface area contributed by atoms with E-state index in [1.54, 1.807) is 12.1 Å². The molecule has 0 aromatic carbocycles. The molecule has 0 aliphatic carbocycles. The quantitative estimate of drug-likeness (QED) is 0.794. The van der Waals surface area contributed by atoms with Gasteiger partial charge in [0.15, 0.2) is 0 Å². The second kappa shape index (κ2) is 5.47. The number of halogens is 1. The van der Waals surface area contributed by atoms with Crippen LogP contribution >= 0.6 is 11.6 Å². The van der Waals surface area contributed by atoms with Gasteiger partial charge in [0.05, 0.1) is 17.4 Å². The standard InChI is InChI=1S/C12H16ClN3O/c1-8-9(5-6-11(13)15-8)16-12(17)10-4-2-3-7-14-10/h5-6,10,14H,2-4,7H2,1H3,(H,16,17)/t10-/m0/s1. The predicted octanol–water partition coefficient (Wildman–Crippen LogP) is 2.12. The van der Waals surface area contributed by atoms with Crippen LogP contribution in [0.15, 0.2) is 12.1 Å². The summed E-state index contributed by atoms with van der Waals surface area (Å²) in [6.45, 7) is 2.74. The van der Waals surface area contributed by atoms with Crippen molar-refractivity contribution in [2.75, 3.05) is 11.9 Å². The highest BCUT2D eigenvalue weighted by Crippen LogP contribution is 2.17. The molecule has 5 heteroatoms. The molecule has 1 aromatic heterocycles. The smallest absolute Gasteiger partial charge is 0.241 e. The number of rotatable bonds is 2. The average molecular weight is 254 g/mol. The highest BCUT2D eigenvalue weighted by Gasteiger charge is 2.20. The summed E-state index contributed by atoms with van der Waals surface area (Å²) in [5, 5.41) is 6.54. The molecule has 0 unspecified atom stereocenters. The lowest BCUT2D eigenvalue weighted by Gasteiger charge is -2.22. The molecule has 1 aliphatic heterocycles. The Hall–Kier alpha value is -1.13. The van der Waals surface area contributed by atoms with E-state index in [1.807, 2.05) is 6.92 Å². The molecule has 1 saturated heterocycles. The van der Waals surface area contributed by atoms with E-state index in [0.29, 0.717) is 5.15 Å².